The van der Waals surface area contributed by atoms with E-state index in [9.17, 15) is 0 Å². The lowest BCUT2D eigenvalue weighted by molar-refractivity contribution is 0.619. The van der Waals surface area contributed by atoms with Crippen molar-refractivity contribution in [3.8, 4) is 0 Å². The van der Waals surface area contributed by atoms with E-state index in [1.807, 2.05) is 12.3 Å². The molecular weight excluding hydrogens is 230 g/mol. The van der Waals surface area contributed by atoms with E-state index in [0.29, 0.717) is 16.7 Å². The topological polar surface area (TPSA) is 42.1 Å². The molecule has 0 unspecified atom stereocenters. The number of nitrogens with zero attached hydrogens (tertiary/aromatic N) is 2. The maximum atomic E-state index is 5.55. The molecule has 17 heavy (non-hydrogen) atoms. The Morgan fingerprint density at radius 1 is 1.47 bits per heavy atom. The van der Waals surface area contributed by atoms with Gasteiger partial charge in [-0.05, 0) is 31.9 Å². The fraction of sp³-hybridized carbons (Fsp3) is 0.538. The number of hydrogen-bond donors (Lipinski definition) is 1. The molecule has 0 atom stereocenters. The summed E-state index contributed by atoms with van der Waals surface area (Å²) in [6.07, 6.45) is 7.17. The number of hydrogen-bond acceptors (Lipinski definition) is 3. The van der Waals surface area contributed by atoms with Gasteiger partial charge in [0.25, 0.3) is 0 Å². The Labute approximate surface area is 108 Å². The highest BCUT2D eigenvalue weighted by Gasteiger charge is 2.21. The number of rotatable bonds is 4. The monoisotopic (exact) mass is 249 g/mol. The van der Waals surface area contributed by atoms with Crippen molar-refractivity contribution >= 4 is 22.9 Å². The van der Waals surface area contributed by atoms with Gasteiger partial charge in [0.1, 0.15) is 4.99 Å². The van der Waals surface area contributed by atoms with Gasteiger partial charge in [0.05, 0.1) is 17.6 Å². The second-order valence-corrected chi connectivity index (χ2v) is 4.93. The molecule has 0 saturated heterocycles. The summed E-state index contributed by atoms with van der Waals surface area (Å²) >= 11 is 4.91. The number of pyridine rings is 1. The Bertz CT molecular complexity index is 382. The van der Waals surface area contributed by atoms with Crippen molar-refractivity contribution in [3.63, 3.8) is 0 Å². The summed E-state index contributed by atoms with van der Waals surface area (Å²) in [4.78, 5) is 7.11. The molecule has 0 radical (unpaired) electrons. The highest BCUT2D eigenvalue weighted by atomic mass is 32.1. The van der Waals surface area contributed by atoms with Crippen LogP contribution in [-0.2, 0) is 0 Å². The Morgan fingerprint density at radius 3 is 2.65 bits per heavy atom. The van der Waals surface area contributed by atoms with Crippen LogP contribution in [0.3, 0.4) is 0 Å². The molecule has 0 bridgehead atoms. The smallest absolute Gasteiger partial charge is 0.122 e. The molecule has 0 aliphatic heterocycles. The maximum Gasteiger partial charge on any atom is 0.122 e. The van der Waals surface area contributed by atoms with Crippen molar-refractivity contribution in [2.75, 3.05) is 11.4 Å². The van der Waals surface area contributed by atoms with Crippen molar-refractivity contribution < 1.29 is 0 Å². The van der Waals surface area contributed by atoms with Crippen LogP contribution in [-0.4, -0.2) is 22.6 Å². The van der Waals surface area contributed by atoms with Crippen molar-refractivity contribution in [1.29, 1.82) is 0 Å². The summed E-state index contributed by atoms with van der Waals surface area (Å²) < 4.78 is 0. The van der Waals surface area contributed by atoms with E-state index in [0.717, 1.165) is 6.54 Å². The van der Waals surface area contributed by atoms with Crippen LogP contribution in [0.25, 0.3) is 0 Å². The first-order valence-corrected chi connectivity index (χ1v) is 6.65. The van der Waals surface area contributed by atoms with Crippen LogP contribution in [0, 0.1) is 0 Å². The average Bonchev–Trinajstić information content (AvgIpc) is 2.84. The van der Waals surface area contributed by atoms with Crippen LogP contribution in [0.4, 0.5) is 5.69 Å². The summed E-state index contributed by atoms with van der Waals surface area (Å²) in [6, 6.07) is 4.66. The van der Waals surface area contributed by atoms with Crippen molar-refractivity contribution in [2.45, 2.75) is 38.6 Å². The Hall–Kier alpha value is -1.16. The number of nitrogens with two attached hydrogens (primary N) is 1. The highest BCUT2D eigenvalue weighted by molar-refractivity contribution is 7.80. The van der Waals surface area contributed by atoms with Gasteiger partial charge in [0, 0.05) is 12.6 Å². The molecule has 0 amide bonds. The first-order chi connectivity index (χ1) is 8.22. The molecule has 92 valence electrons. The van der Waals surface area contributed by atoms with E-state index in [1.54, 1.807) is 0 Å². The Balaban J connectivity index is 2.16. The van der Waals surface area contributed by atoms with Gasteiger partial charge in [-0.15, -0.1) is 0 Å². The van der Waals surface area contributed by atoms with Gasteiger partial charge < -0.3 is 10.6 Å². The molecule has 1 aromatic heterocycles. The molecule has 0 spiro atoms. The van der Waals surface area contributed by atoms with Crippen molar-refractivity contribution in [2.24, 2.45) is 5.73 Å². The van der Waals surface area contributed by atoms with E-state index in [4.69, 9.17) is 18.0 Å². The van der Waals surface area contributed by atoms with Crippen LogP contribution in [0.2, 0.25) is 0 Å². The van der Waals surface area contributed by atoms with Crippen LogP contribution in [0.5, 0.6) is 0 Å². The minimum atomic E-state index is 0.362. The van der Waals surface area contributed by atoms with E-state index >= 15 is 0 Å². The molecule has 2 N–H and O–H groups in total. The number of aromatic nitrogens is 1. The standard InChI is InChI=1S/C13H19N3S/c1-2-16(10-5-3-4-6-10)11-7-8-12(13(14)17)15-9-11/h7-10H,2-6H2,1H3,(H2,14,17). The molecule has 4 heteroatoms. The fourth-order valence-corrected chi connectivity index (χ4v) is 2.69. The summed E-state index contributed by atoms with van der Waals surface area (Å²) in [6.45, 7) is 3.22. The van der Waals surface area contributed by atoms with Crippen LogP contribution >= 0.6 is 12.2 Å². The van der Waals surface area contributed by atoms with Crippen LogP contribution in [0.15, 0.2) is 18.3 Å². The van der Waals surface area contributed by atoms with Gasteiger partial charge in [-0.2, -0.15) is 0 Å². The van der Waals surface area contributed by atoms with E-state index < -0.39 is 0 Å². The predicted octanol–water partition coefficient (Wildman–Crippen LogP) is 2.48. The maximum absolute atomic E-state index is 5.55. The normalized spacial score (nSPS) is 16.1. The Morgan fingerprint density at radius 2 is 2.18 bits per heavy atom. The molecule has 3 nitrogen and oxygen atoms in total. The lowest BCUT2D eigenvalue weighted by Crippen LogP contribution is -2.33. The minimum absolute atomic E-state index is 0.362. The summed E-state index contributed by atoms with van der Waals surface area (Å²) in [5.74, 6) is 0. The molecular formula is C13H19N3S. The third-order valence-corrected chi connectivity index (χ3v) is 3.65. The molecule has 1 aliphatic rings. The Kier molecular flexibility index (Phi) is 3.94. The zero-order valence-corrected chi connectivity index (χ0v) is 11.0. The number of anilines is 1. The largest absolute Gasteiger partial charge is 0.388 e. The van der Waals surface area contributed by atoms with Gasteiger partial charge in [-0.25, -0.2) is 0 Å². The molecule has 1 heterocycles. The van der Waals surface area contributed by atoms with Crippen LogP contribution in [0.1, 0.15) is 38.3 Å². The van der Waals surface area contributed by atoms with Crippen molar-refractivity contribution in [1.82, 2.24) is 4.98 Å². The third-order valence-electron chi connectivity index (χ3n) is 3.44. The molecule has 1 fully saturated rings. The minimum Gasteiger partial charge on any atom is -0.388 e. The quantitative estimate of drug-likeness (QED) is 0.833. The summed E-state index contributed by atoms with van der Waals surface area (Å²) in [5, 5.41) is 0. The van der Waals surface area contributed by atoms with Gasteiger partial charge in [-0.1, -0.05) is 25.1 Å². The highest BCUT2D eigenvalue weighted by Crippen LogP contribution is 2.27. The third kappa shape index (κ3) is 2.75. The lowest BCUT2D eigenvalue weighted by Gasteiger charge is -2.29. The zero-order valence-electron chi connectivity index (χ0n) is 10.2. The van der Waals surface area contributed by atoms with Crippen LogP contribution < -0.4 is 10.6 Å². The molecule has 1 saturated carbocycles. The summed E-state index contributed by atoms with van der Waals surface area (Å²) in [7, 11) is 0. The molecule has 1 aromatic rings. The molecule has 0 aromatic carbocycles. The summed E-state index contributed by atoms with van der Waals surface area (Å²) in [5.41, 5.74) is 7.43. The number of thiocarbonyl (C=S) groups is 1. The van der Waals surface area contributed by atoms with Gasteiger partial charge in [-0.3, -0.25) is 4.98 Å². The van der Waals surface area contributed by atoms with Gasteiger partial charge in [0.15, 0.2) is 0 Å². The SMILES string of the molecule is CCN(c1ccc(C(N)=S)nc1)C1CCCC1. The lowest BCUT2D eigenvalue weighted by atomic mass is 10.2. The van der Waals surface area contributed by atoms with E-state index in [2.05, 4.69) is 22.9 Å². The zero-order chi connectivity index (χ0) is 12.3. The van der Waals surface area contributed by atoms with Gasteiger partial charge in [0.2, 0.25) is 0 Å². The fourth-order valence-electron chi connectivity index (χ4n) is 2.57. The predicted molar refractivity (Wildman–Crippen MR) is 75.4 cm³/mol. The first-order valence-electron chi connectivity index (χ1n) is 6.25. The average molecular weight is 249 g/mol. The van der Waals surface area contributed by atoms with E-state index in [-0.39, 0.29) is 0 Å². The second-order valence-electron chi connectivity index (χ2n) is 4.49. The van der Waals surface area contributed by atoms with Gasteiger partial charge >= 0.3 is 0 Å². The molecule has 1 aliphatic carbocycles. The van der Waals surface area contributed by atoms with Crippen molar-refractivity contribution in [3.05, 3.63) is 24.0 Å². The van der Waals surface area contributed by atoms with E-state index in [1.165, 1.54) is 31.4 Å². The molecule has 2 rings (SSSR count). The second kappa shape index (κ2) is 5.45. The first kappa shape index (κ1) is 12.3.